The molecule has 0 atom stereocenters. The first-order valence-electron chi connectivity index (χ1n) is 7.84. The Labute approximate surface area is 132 Å². The lowest BCUT2D eigenvalue weighted by Gasteiger charge is -2.53. The standard InChI is InChI=1S/C18H28BrN/c1-5-10-20-13-18(11-15(12-18)17(2,3)4)14-6-8-16(19)9-7-14/h6-9,15,20H,5,10-13H2,1-4H3. The van der Waals surface area contributed by atoms with Crippen molar-refractivity contribution in [2.24, 2.45) is 11.3 Å². The Balaban J connectivity index is 2.12. The lowest BCUT2D eigenvalue weighted by molar-refractivity contribution is 0.0450. The van der Waals surface area contributed by atoms with Gasteiger partial charge >= 0.3 is 0 Å². The second kappa shape index (κ2) is 6.19. The van der Waals surface area contributed by atoms with Gasteiger partial charge in [0.2, 0.25) is 0 Å². The summed E-state index contributed by atoms with van der Waals surface area (Å²) in [5, 5.41) is 3.65. The summed E-state index contributed by atoms with van der Waals surface area (Å²) in [5.41, 5.74) is 2.29. The summed E-state index contributed by atoms with van der Waals surface area (Å²) in [6.07, 6.45) is 3.84. The first-order chi connectivity index (χ1) is 9.37. The van der Waals surface area contributed by atoms with E-state index in [0.29, 0.717) is 10.8 Å². The maximum atomic E-state index is 3.65. The van der Waals surface area contributed by atoms with Crippen LogP contribution in [0.3, 0.4) is 0 Å². The molecule has 1 nitrogen and oxygen atoms in total. The molecule has 1 fully saturated rings. The van der Waals surface area contributed by atoms with Crippen molar-refractivity contribution in [3.8, 4) is 0 Å². The molecule has 0 aliphatic heterocycles. The van der Waals surface area contributed by atoms with E-state index in [-0.39, 0.29) is 0 Å². The first kappa shape index (κ1) is 16.0. The maximum absolute atomic E-state index is 3.65. The molecule has 0 heterocycles. The van der Waals surface area contributed by atoms with E-state index in [4.69, 9.17) is 0 Å². The zero-order valence-electron chi connectivity index (χ0n) is 13.3. The van der Waals surface area contributed by atoms with E-state index in [1.807, 2.05) is 0 Å². The summed E-state index contributed by atoms with van der Waals surface area (Å²) in [6.45, 7) is 11.6. The monoisotopic (exact) mass is 337 g/mol. The molecule has 2 heteroatoms. The van der Waals surface area contributed by atoms with Crippen LogP contribution < -0.4 is 5.32 Å². The summed E-state index contributed by atoms with van der Waals surface area (Å²) in [5.74, 6) is 0.842. The van der Waals surface area contributed by atoms with E-state index in [1.165, 1.54) is 29.3 Å². The van der Waals surface area contributed by atoms with Crippen molar-refractivity contribution in [2.75, 3.05) is 13.1 Å². The summed E-state index contributed by atoms with van der Waals surface area (Å²) in [6, 6.07) is 8.97. The van der Waals surface area contributed by atoms with Crippen molar-refractivity contribution in [3.63, 3.8) is 0 Å². The zero-order valence-corrected chi connectivity index (χ0v) is 14.9. The lowest BCUT2D eigenvalue weighted by Crippen LogP contribution is -2.52. The maximum Gasteiger partial charge on any atom is 0.0175 e. The number of nitrogens with one attached hydrogen (secondary N) is 1. The Morgan fingerprint density at radius 2 is 1.80 bits per heavy atom. The molecule has 1 aromatic carbocycles. The van der Waals surface area contributed by atoms with Gasteiger partial charge < -0.3 is 5.32 Å². The van der Waals surface area contributed by atoms with Crippen LogP contribution >= 0.6 is 15.9 Å². The van der Waals surface area contributed by atoms with Gasteiger partial charge in [0.15, 0.2) is 0 Å². The van der Waals surface area contributed by atoms with Gasteiger partial charge in [-0.25, -0.2) is 0 Å². The van der Waals surface area contributed by atoms with Crippen molar-refractivity contribution in [2.45, 2.75) is 52.4 Å². The molecule has 1 aliphatic rings. The van der Waals surface area contributed by atoms with Gasteiger partial charge in [-0.05, 0) is 54.8 Å². The summed E-state index contributed by atoms with van der Waals surface area (Å²) in [4.78, 5) is 0. The topological polar surface area (TPSA) is 12.0 Å². The van der Waals surface area contributed by atoms with Crippen LogP contribution in [0.5, 0.6) is 0 Å². The van der Waals surface area contributed by atoms with Gasteiger partial charge in [-0.3, -0.25) is 0 Å². The molecule has 0 amide bonds. The molecule has 0 saturated heterocycles. The van der Waals surface area contributed by atoms with E-state index in [2.05, 4.69) is 73.2 Å². The molecule has 0 unspecified atom stereocenters. The second-order valence-electron chi connectivity index (χ2n) is 7.44. The van der Waals surface area contributed by atoms with Gasteiger partial charge in [0.25, 0.3) is 0 Å². The van der Waals surface area contributed by atoms with Crippen molar-refractivity contribution in [1.29, 1.82) is 0 Å². The normalized spacial score (nSPS) is 26.4. The van der Waals surface area contributed by atoms with Crippen molar-refractivity contribution in [3.05, 3.63) is 34.3 Å². The largest absolute Gasteiger partial charge is 0.316 e. The average Bonchev–Trinajstić information content (AvgIpc) is 2.32. The fourth-order valence-electron chi connectivity index (χ4n) is 3.29. The highest BCUT2D eigenvalue weighted by Gasteiger charge is 2.48. The molecule has 112 valence electrons. The predicted octanol–water partition coefficient (Wildman–Crippen LogP) is 5.14. The van der Waals surface area contributed by atoms with Gasteiger partial charge in [-0.1, -0.05) is 55.8 Å². The molecule has 0 radical (unpaired) electrons. The fourth-order valence-corrected chi connectivity index (χ4v) is 3.55. The summed E-state index contributed by atoms with van der Waals surface area (Å²) in [7, 11) is 0. The Hall–Kier alpha value is -0.340. The zero-order chi connectivity index (χ0) is 14.8. The number of benzene rings is 1. The lowest BCUT2D eigenvalue weighted by atomic mass is 9.52. The highest BCUT2D eigenvalue weighted by atomic mass is 79.9. The minimum Gasteiger partial charge on any atom is -0.316 e. The molecule has 1 aromatic rings. The Kier molecular flexibility index (Phi) is 4.96. The smallest absolute Gasteiger partial charge is 0.0175 e. The minimum absolute atomic E-state index is 0.355. The highest BCUT2D eigenvalue weighted by molar-refractivity contribution is 9.10. The number of halogens is 1. The van der Waals surface area contributed by atoms with Crippen LogP contribution in [0.4, 0.5) is 0 Å². The Morgan fingerprint density at radius 1 is 1.20 bits per heavy atom. The fraction of sp³-hybridized carbons (Fsp3) is 0.667. The SMILES string of the molecule is CCCNCC1(c2ccc(Br)cc2)CC(C(C)(C)C)C1. The first-order valence-corrected chi connectivity index (χ1v) is 8.63. The third-order valence-corrected chi connectivity index (χ3v) is 5.37. The molecule has 1 N–H and O–H groups in total. The van der Waals surface area contributed by atoms with Crippen molar-refractivity contribution >= 4 is 15.9 Å². The van der Waals surface area contributed by atoms with E-state index < -0.39 is 0 Å². The Bertz CT molecular complexity index is 424. The number of rotatable bonds is 5. The van der Waals surface area contributed by atoms with Gasteiger partial charge in [0.1, 0.15) is 0 Å². The molecular weight excluding hydrogens is 310 g/mol. The van der Waals surface area contributed by atoms with Crippen LogP contribution in [-0.4, -0.2) is 13.1 Å². The average molecular weight is 338 g/mol. The Morgan fingerprint density at radius 3 is 2.30 bits per heavy atom. The van der Waals surface area contributed by atoms with Crippen LogP contribution in [0.2, 0.25) is 0 Å². The van der Waals surface area contributed by atoms with Crippen molar-refractivity contribution < 1.29 is 0 Å². The number of hydrogen-bond donors (Lipinski definition) is 1. The third kappa shape index (κ3) is 3.46. The number of hydrogen-bond acceptors (Lipinski definition) is 1. The molecule has 20 heavy (non-hydrogen) atoms. The molecule has 0 aromatic heterocycles. The van der Waals surface area contributed by atoms with Gasteiger partial charge in [-0.15, -0.1) is 0 Å². The highest BCUT2D eigenvalue weighted by Crippen LogP contribution is 2.54. The van der Waals surface area contributed by atoms with E-state index in [0.717, 1.165) is 19.0 Å². The van der Waals surface area contributed by atoms with Crippen molar-refractivity contribution in [1.82, 2.24) is 5.32 Å². The predicted molar refractivity (Wildman–Crippen MR) is 91.2 cm³/mol. The van der Waals surface area contributed by atoms with Crippen LogP contribution in [0.15, 0.2) is 28.7 Å². The molecule has 2 rings (SSSR count). The molecular formula is C18H28BrN. The third-order valence-electron chi connectivity index (χ3n) is 4.85. The quantitative estimate of drug-likeness (QED) is 0.733. The van der Waals surface area contributed by atoms with Crippen LogP contribution in [-0.2, 0) is 5.41 Å². The molecule has 1 aliphatic carbocycles. The van der Waals surface area contributed by atoms with E-state index in [9.17, 15) is 0 Å². The van der Waals surface area contributed by atoms with Crippen LogP contribution in [0, 0.1) is 11.3 Å². The van der Waals surface area contributed by atoms with Gasteiger partial charge in [0, 0.05) is 16.4 Å². The summed E-state index contributed by atoms with van der Waals surface area (Å²) < 4.78 is 1.17. The van der Waals surface area contributed by atoms with Crippen LogP contribution in [0.1, 0.15) is 52.5 Å². The summed E-state index contributed by atoms with van der Waals surface area (Å²) >= 11 is 3.54. The second-order valence-corrected chi connectivity index (χ2v) is 8.35. The van der Waals surface area contributed by atoms with Gasteiger partial charge in [0.05, 0.1) is 0 Å². The molecule has 0 bridgehead atoms. The minimum atomic E-state index is 0.355. The van der Waals surface area contributed by atoms with Gasteiger partial charge in [-0.2, -0.15) is 0 Å². The van der Waals surface area contributed by atoms with Crippen LogP contribution in [0.25, 0.3) is 0 Å². The van der Waals surface area contributed by atoms with E-state index in [1.54, 1.807) is 0 Å². The molecule has 1 saturated carbocycles. The molecule has 0 spiro atoms. The van der Waals surface area contributed by atoms with E-state index >= 15 is 0 Å².